The van der Waals surface area contributed by atoms with Crippen molar-refractivity contribution in [3.8, 4) is 10.4 Å². The van der Waals surface area contributed by atoms with Crippen LogP contribution in [0.25, 0.3) is 10.4 Å². The zero-order chi connectivity index (χ0) is 13.9. The first-order valence-electron chi connectivity index (χ1n) is 7.37. The van der Waals surface area contributed by atoms with Gasteiger partial charge in [-0.15, -0.1) is 11.3 Å². The van der Waals surface area contributed by atoms with E-state index in [0.717, 1.165) is 16.9 Å². The van der Waals surface area contributed by atoms with E-state index in [2.05, 4.69) is 64.6 Å². The van der Waals surface area contributed by atoms with E-state index in [1.54, 1.807) is 0 Å². The smallest absolute Gasteiger partial charge is 0.0443 e. The zero-order valence-electron chi connectivity index (χ0n) is 11.7. The van der Waals surface area contributed by atoms with Gasteiger partial charge in [0, 0.05) is 20.3 Å². The van der Waals surface area contributed by atoms with Gasteiger partial charge in [-0.2, -0.15) is 0 Å². The topological polar surface area (TPSA) is 12.0 Å². The lowest BCUT2D eigenvalue weighted by Crippen LogP contribution is -2.22. The van der Waals surface area contributed by atoms with Crippen LogP contribution in [0.3, 0.4) is 0 Å². The molecule has 0 aliphatic heterocycles. The lowest BCUT2D eigenvalue weighted by Gasteiger charge is -2.16. The zero-order valence-corrected chi connectivity index (χ0v) is 14.1. The van der Waals surface area contributed by atoms with E-state index >= 15 is 0 Å². The summed E-state index contributed by atoms with van der Waals surface area (Å²) in [5.74, 6) is 0.859. The Labute approximate surface area is 133 Å². The maximum Gasteiger partial charge on any atom is 0.0443 e. The number of halogens is 1. The van der Waals surface area contributed by atoms with Gasteiger partial charge in [-0.25, -0.2) is 0 Å². The van der Waals surface area contributed by atoms with Crippen LogP contribution in [0.2, 0.25) is 0 Å². The molecule has 3 heteroatoms. The summed E-state index contributed by atoms with van der Waals surface area (Å²) in [7, 11) is 0. The molecule has 0 radical (unpaired) electrons. The Morgan fingerprint density at radius 1 is 1.20 bits per heavy atom. The highest BCUT2D eigenvalue weighted by atomic mass is 79.9. The monoisotopic (exact) mass is 349 g/mol. The molecule has 106 valence electrons. The van der Waals surface area contributed by atoms with Gasteiger partial charge in [0.1, 0.15) is 0 Å². The SMILES string of the molecule is CCCNC(c1ccc(-c2ccc(Br)cc2)s1)C1CC1. The van der Waals surface area contributed by atoms with Crippen LogP contribution in [-0.2, 0) is 0 Å². The van der Waals surface area contributed by atoms with Gasteiger partial charge >= 0.3 is 0 Å². The molecule has 1 unspecified atom stereocenters. The molecular formula is C17H20BrNS. The predicted molar refractivity (Wildman–Crippen MR) is 91.2 cm³/mol. The number of nitrogens with one attached hydrogen (secondary N) is 1. The number of thiophene rings is 1. The average Bonchev–Trinajstić information content (AvgIpc) is 3.18. The number of hydrogen-bond donors (Lipinski definition) is 1. The molecule has 1 atom stereocenters. The van der Waals surface area contributed by atoms with E-state index in [1.165, 1.54) is 34.6 Å². The van der Waals surface area contributed by atoms with Crippen LogP contribution in [0, 0.1) is 5.92 Å². The molecule has 3 rings (SSSR count). The Balaban J connectivity index is 1.79. The second-order valence-corrected chi connectivity index (χ2v) is 7.51. The molecule has 1 fully saturated rings. The predicted octanol–water partition coefficient (Wildman–Crippen LogP) is 5.63. The van der Waals surface area contributed by atoms with Crippen molar-refractivity contribution < 1.29 is 0 Å². The third-order valence-corrected chi connectivity index (χ3v) is 5.52. The second-order valence-electron chi connectivity index (χ2n) is 5.48. The average molecular weight is 350 g/mol. The Kier molecular flexibility index (Phi) is 4.59. The molecule has 1 nitrogen and oxygen atoms in total. The summed E-state index contributed by atoms with van der Waals surface area (Å²) in [6.45, 7) is 3.35. The van der Waals surface area contributed by atoms with Gasteiger partial charge in [0.2, 0.25) is 0 Å². The maximum atomic E-state index is 3.72. The summed E-state index contributed by atoms with van der Waals surface area (Å²) in [4.78, 5) is 2.87. The summed E-state index contributed by atoms with van der Waals surface area (Å²) in [5.41, 5.74) is 1.31. The first-order chi connectivity index (χ1) is 9.78. The quantitative estimate of drug-likeness (QED) is 0.712. The molecule has 0 amide bonds. The molecule has 1 heterocycles. The van der Waals surface area contributed by atoms with Crippen LogP contribution in [0.4, 0.5) is 0 Å². The lowest BCUT2D eigenvalue weighted by atomic mass is 10.1. The molecule has 1 aliphatic carbocycles. The molecule has 0 saturated heterocycles. The number of rotatable bonds is 6. The fourth-order valence-corrected chi connectivity index (χ4v) is 3.97. The molecule has 1 aromatic heterocycles. The van der Waals surface area contributed by atoms with Crippen LogP contribution in [-0.4, -0.2) is 6.54 Å². The fraction of sp³-hybridized carbons (Fsp3) is 0.412. The Morgan fingerprint density at radius 3 is 2.60 bits per heavy atom. The van der Waals surface area contributed by atoms with Gasteiger partial charge in [0.25, 0.3) is 0 Å². The normalized spacial score (nSPS) is 16.3. The molecule has 1 N–H and O–H groups in total. The van der Waals surface area contributed by atoms with Gasteiger partial charge < -0.3 is 5.32 Å². The van der Waals surface area contributed by atoms with Gasteiger partial charge in [-0.3, -0.25) is 0 Å². The molecule has 1 aromatic carbocycles. The van der Waals surface area contributed by atoms with Crippen molar-refractivity contribution in [1.82, 2.24) is 5.32 Å². The van der Waals surface area contributed by atoms with E-state index in [9.17, 15) is 0 Å². The second kappa shape index (κ2) is 6.42. The maximum absolute atomic E-state index is 3.72. The van der Waals surface area contributed by atoms with Crippen LogP contribution >= 0.6 is 27.3 Å². The van der Waals surface area contributed by atoms with Crippen molar-refractivity contribution in [3.05, 3.63) is 45.7 Å². The van der Waals surface area contributed by atoms with E-state index in [4.69, 9.17) is 0 Å². The largest absolute Gasteiger partial charge is 0.309 e. The third-order valence-electron chi connectivity index (χ3n) is 3.77. The summed E-state index contributed by atoms with van der Waals surface area (Å²) in [5, 5.41) is 3.72. The van der Waals surface area contributed by atoms with E-state index in [0.29, 0.717) is 6.04 Å². The van der Waals surface area contributed by atoms with E-state index < -0.39 is 0 Å². The fourth-order valence-electron chi connectivity index (χ4n) is 2.52. The minimum Gasteiger partial charge on any atom is -0.309 e. The summed E-state index contributed by atoms with van der Waals surface area (Å²) < 4.78 is 1.14. The Bertz CT molecular complexity index is 557. The first kappa shape index (κ1) is 14.3. The van der Waals surface area contributed by atoms with E-state index in [1.807, 2.05) is 11.3 Å². The first-order valence-corrected chi connectivity index (χ1v) is 8.98. The molecule has 20 heavy (non-hydrogen) atoms. The van der Waals surface area contributed by atoms with Crippen LogP contribution in [0.15, 0.2) is 40.9 Å². The van der Waals surface area contributed by atoms with Gasteiger partial charge in [-0.05, 0) is 61.6 Å². The summed E-state index contributed by atoms with van der Waals surface area (Å²) in [6, 6.07) is 13.8. The standard InChI is InChI=1S/C17H20BrNS/c1-2-11-19-17(13-3-4-13)16-10-9-15(20-16)12-5-7-14(18)8-6-12/h5-10,13,17,19H,2-4,11H2,1H3. The highest BCUT2D eigenvalue weighted by Gasteiger charge is 2.32. The summed E-state index contributed by atoms with van der Waals surface area (Å²) in [6.07, 6.45) is 3.97. The van der Waals surface area contributed by atoms with Gasteiger partial charge in [0.15, 0.2) is 0 Å². The minimum absolute atomic E-state index is 0.573. The molecular weight excluding hydrogens is 330 g/mol. The van der Waals surface area contributed by atoms with Crippen molar-refractivity contribution in [2.24, 2.45) is 5.92 Å². The molecule has 0 bridgehead atoms. The van der Waals surface area contributed by atoms with Crippen LogP contribution in [0.1, 0.15) is 37.1 Å². The highest BCUT2D eigenvalue weighted by molar-refractivity contribution is 9.10. The van der Waals surface area contributed by atoms with Crippen molar-refractivity contribution >= 4 is 27.3 Å². The summed E-state index contributed by atoms with van der Waals surface area (Å²) >= 11 is 5.44. The van der Waals surface area contributed by atoms with Crippen molar-refractivity contribution in [2.45, 2.75) is 32.2 Å². The molecule has 1 saturated carbocycles. The third kappa shape index (κ3) is 3.33. The Hall–Kier alpha value is -0.640. The number of benzene rings is 1. The molecule has 0 spiro atoms. The molecule has 2 aromatic rings. The van der Waals surface area contributed by atoms with Crippen LogP contribution < -0.4 is 5.32 Å². The van der Waals surface area contributed by atoms with Gasteiger partial charge in [-0.1, -0.05) is 35.0 Å². The van der Waals surface area contributed by atoms with E-state index in [-0.39, 0.29) is 0 Å². The minimum atomic E-state index is 0.573. The highest BCUT2D eigenvalue weighted by Crippen LogP contribution is 2.44. The van der Waals surface area contributed by atoms with Crippen molar-refractivity contribution in [2.75, 3.05) is 6.54 Å². The van der Waals surface area contributed by atoms with Crippen LogP contribution in [0.5, 0.6) is 0 Å². The van der Waals surface area contributed by atoms with Crippen molar-refractivity contribution in [1.29, 1.82) is 0 Å². The molecule has 1 aliphatic rings. The van der Waals surface area contributed by atoms with Crippen molar-refractivity contribution in [3.63, 3.8) is 0 Å². The van der Waals surface area contributed by atoms with Gasteiger partial charge in [0.05, 0.1) is 0 Å². The lowest BCUT2D eigenvalue weighted by molar-refractivity contribution is 0.488. The Morgan fingerprint density at radius 2 is 1.95 bits per heavy atom. The number of hydrogen-bond acceptors (Lipinski definition) is 2.